The Kier molecular flexibility index (Phi) is 5.18. The molecule has 0 radical (unpaired) electrons. The monoisotopic (exact) mass is 332 g/mol. The van der Waals surface area contributed by atoms with Crippen molar-refractivity contribution in [3.63, 3.8) is 0 Å². The third-order valence-electron chi connectivity index (χ3n) is 4.04. The topological polar surface area (TPSA) is 50.3 Å². The van der Waals surface area contributed by atoms with E-state index in [1.54, 1.807) is 13.3 Å². The number of nitrogens with one attached hydrogen (secondary N) is 1. The average Bonchev–Trinajstić information content (AvgIpc) is 2.62. The Labute approximate surface area is 141 Å². The molecular formula is C17H21ClN4O. The minimum Gasteiger partial charge on any atom is -0.467 e. The minimum atomic E-state index is 0.307. The number of nitrogens with zero attached hydrogens (tertiary/aromatic N) is 3. The molecule has 6 heteroatoms. The lowest BCUT2D eigenvalue weighted by molar-refractivity contribution is 0.380. The Balaban J connectivity index is 1.75. The van der Waals surface area contributed by atoms with Gasteiger partial charge in [-0.25, -0.2) is 4.98 Å². The van der Waals surface area contributed by atoms with Crippen LogP contribution in [0, 0.1) is 0 Å². The minimum absolute atomic E-state index is 0.307. The molecule has 1 saturated heterocycles. The molecule has 1 aliphatic rings. The highest BCUT2D eigenvalue weighted by molar-refractivity contribution is 6.32. The predicted molar refractivity (Wildman–Crippen MR) is 93.4 cm³/mol. The molecule has 0 bridgehead atoms. The zero-order chi connectivity index (χ0) is 16.1. The van der Waals surface area contributed by atoms with Crippen LogP contribution in [0.25, 0.3) is 0 Å². The van der Waals surface area contributed by atoms with Crippen LogP contribution in [0.2, 0.25) is 5.02 Å². The van der Waals surface area contributed by atoms with Gasteiger partial charge in [0.05, 0.1) is 13.3 Å². The number of halogens is 1. The first-order valence-corrected chi connectivity index (χ1v) is 8.29. The van der Waals surface area contributed by atoms with Crippen LogP contribution >= 0.6 is 11.6 Å². The van der Waals surface area contributed by atoms with E-state index >= 15 is 0 Å². The Morgan fingerprint density at radius 2 is 2.00 bits per heavy atom. The van der Waals surface area contributed by atoms with E-state index < -0.39 is 0 Å². The van der Waals surface area contributed by atoms with Crippen LogP contribution in [-0.2, 0) is 6.54 Å². The lowest BCUT2D eigenvalue weighted by Crippen LogP contribution is -2.30. The van der Waals surface area contributed by atoms with Gasteiger partial charge < -0.3 is 15.0 Å². The van der Waals surface area contributed by atoms with Crippen molar-refractivity contribution in [3.05, 3.63) is 41.0 Å². The van der Waals surface area contributed by atoms with Crippen molar-refractivity contribution >= 4 is 23.1 Å². The number of benzene rings is 1. The lowest BCUT2D eigenvalue weighted by atomic mass is 10.1. The van der Waals surface area contributed by atoms with Gasteiger partial charge in [0, 0.05) is 25.3 Å². The molecule has 3 rings (SSSR count). The van der Waals surface area contributed by atoms with E-state index in [1.807, 2.05) is 0 Å². The average molecular weight is 333 g/mol. The maximum atomic E-state index is 6.15. The fourth-order valence-corrected chi connectivity index (χ4v) is 3.01. The first kappa shape index (κ1) is 15.9. The number of aromatic nitrogens is 2. The summed E-state index contributed by atoms with van der Waals surface area (Å²) in [4.78, 5) is 10.7. The summed E-state index contributed by atoms with van der Waals surface area (Å²) in [6.45, 7) is 2.91. The van der Waals surface area contributed by atoms with Crippen LogP contribution in [0.1, 0.15) is 24.8 Å². The standard InChI is InChI=1S/C17H21ClN4O/c1-23-17-20-12-14(18)16(21-17)19-11-13-7-3-4-8-15(13)22-9-5-2-6-10-22/h3-4,7-8,12H,2,5-6,9-11H2,1H3,(H,19,20,21). The van der Waals surface area contributed by atoms with Crippen LogP contribution in [0.15, 0.2) is 30.5 Å². The quantitative estimate of drug-likeness (QED) is 0.903. The van der Waals surface area contributed by atoms with Gasteiger partial charge in [-0.15, -0.1) is 0 Å². The number of piperidine rings is 1. The second-order valence-electron chi connectivity index (χ2n) is 5.58. The van der Waals surface area contributed by atoms with E-state index in [1.165, 1.54) is 30.5 Å². The van der Waals surface area contributed by atoms with Crippen molar-refractivity contribution in [2.75, 3.05) is 30.4 Å². The largest absolute Gasteiger partial charge is 0.467 e. The number of methoxy groups -OCH3 is 1. The summed E-state index contributed by atoms with van der Waals surface area (Å²) in [5.41, 5.74) is 2.53. The van der Waals surface area contributed by atoms with E-state index in [0.717, 1.165) is 13.1 Å². The summed E-state index contributed by atoms with van der Waals surface area (Å²) in [5, 5.41) is 3.78. The molecule has 0 atom stereocenters. The van der Waals surface area contributed by atoms with E-state index in [2.05, 4.69) is 44.5 Å². The van der Waals surface area contributed by atoms with Crippen LogP contribution in [0.4, 0.5) is 11.5 Å². The van der Waals surface area contributed by atoms with Gasteiger partial charge in [-0.1, -0.05) is 29.8 Å². The van der Waals surface area contributed by atoms with Gasteiger partial charge in [0.2, 0.25) is 0 Å². The molecule has 0 amide bonds. The number of hydrogen-bond acceptors (Lipinski definition) is 5. The molecule has 2 aromatic rings. The van der Waals surface area contributed by atoms with Crippen LogP contribution < -0.4 is 15.0 Å². The molecule has 0 spiro atoms. The Hall–Kier alpha value is -2.01. The van der Waals surface area contributed by atoms with Crippen molar-refractivity contribution in [2.45, 2.75) is 25.8 Å². The Morgan fingerprint density at radius 3 is 2.78 bits per heavy atom. The fourth-order valence-electron chi connectivity index (χ4n) is 2.86. The Morgan fingerprint density at radius 1 is 1.22 bits per heavy atom. The van der Waals surface area contributed by atoms with Gasteiger partial charge >= 0.3 is 6.01 Å². The summed E-state index contributed by atoms with van der Waals surface area (Å²) < 4.78 is 5.05. The highest BCUT2D eigenvalue weighted by Crippen LogP contribution is 2.26. The van der Waals surface area contributed by atoms with E-state index in [0.29, 0.717) is 23.4 Å². The van der Waals surface area contributed by atoms with Crippen molar-refractivity contribution in [2.24, 2.45) is 0 Å². The van der Waals surface area contributed by atoms with Crippen molar-refractivity contribution in [1.29, 1.82) is 0 Å². The Bertz CT molecular complexity index is 659. The first-order valence-electron chi connectivity index (χ1n) is 7.91. The third-order valence-corrected chi connectivity index (χ3v) is 4.32. The van der Waals surface area contributed by atoms with Gasteiger partial charge in [-0.2, -0.15) is 4.98 Å². The maximum Gasteiger partial charge on any atom is 0.318 e. The van der Waals surface area contributed by atoms with Gasteiger partial charge in [-0.3, -0.25) is 0 Å². The molecule has 23 heavy (non-hydrogen) atoms. The third kappa shape index (κ3) is 3.85. The molecule has 0 unspecified atom stereocenters. The number of ether oxygens (including phenoxy) is 1. The number of hydrogen-bond donors (Lipinski definition) is 1. The summed E-state index contributed by atoms with van der Waals surface area (Å²) in [6, 6.07) is 8.79. The van der Waals surface area contributed by atoms with Crippen molar-refractivity contribution < 1.29 is 4.74 Å². The molecule has 0 saturated carbocycles. The molecule has 5 nitrogen and oxygen atoms in total. The smallest absolute Gasteiger partial charge is 0.318 e. The van der Waals surface area contributed by atoms with Gasteiger partial charge in [0.25, 0.3) is 0 Å². The highest BCUT2D eigenvalue weighted by atomic mass is 35.5. The first-order chi connectivity index (χ1) is 11.3. The molecule has 1 aliphatic heterocycles. The molecule has 122 valence electrons. The van der Waals surface area contributed by atoms with Crippen molar-refractivity contribution in [3.8, 4) is 6.01 Å². The van der Waals surface area contributed by atoms with Crippen LogP contribution in [0.3, 0.4) is 0 Å². The van der Waals surface area contributed by atoms with Crippen molar-refractivity contribution in [1.82, 2.24) is 9.97 Å². The lowest BCUT2D eigenvalue weighted by Gasteiger charge is -2.30. The summed E-state index contributed by atoms with van der Waals surface area (Å²) in [6.07, 6.45) is 5.40. The second kappa shape index (κ2) is 7.51. The summed E-state index contributed by atoms with van der Waals surface area (Å²) in [7, 11) is 1.54. The fraction of sp³-hybridized carbons (Fsp3) is 0.412. The van der Waals surface area contributed by atoms with E-state index in [9.17, 15) is 0 Å². The molecule has 2 heterocycles. The number of anilines is 2. The molecule has 0 aliphatic carbocycles. The van der Waals surface area contributed by atoms with Crippen LogP contribution in [0.5, 0.6) is 6.01 Å². The molecule has 1 aromatic heterocycles. The van der Waals surface area contributed by atoms with Gasteiger partial charge in [0.1, 0.15) is 5.02 Å². The van der Waals surface area contributed by atoms with E-state index in [-0.39, 0.29) is 0 Å². The maximum absolute atomic E-state index is 6.15. The highest BCUT2D eigenvalue weighted by Gasteiger charge is 2.14. The van der Waals surface area contributed by atoms with Gasteiger partial charge in [0.15, 0.2) is 5.82 Å². The molecular weight excluding hydrogens is 312 g/mol. The number of para-hydroxylation sites is 1. The normalized spacial score (nSPS) is 14.6. The van der Waals surface area contributed by atoms with E-state index in [4.69, 9.17) is 16.3 Å². The van der Waals surface area contributed by atoms with Gasteiger partial charge in [-0.05, 0) is 30.9 Å². The predicted octanol–water partition coefficient (Wildman–Crippen LogP) is 3.74. The molecule has 1 N–H and O–H groups in total. The van der Waals surface area contributed by atoms with Crippen LogP contribution in [-0.4, -0.2) is 30.2 Å². The number of rotatable bonds is 5. The molecule has 1 fully saturated rings. The zero-order valence-electron chi connectivity index (χ0n) is 13.3. The zero-order valence-corrected chi connectivity index (χ0v) is 14.0. The molecule has 1 aromatic carbocycles. The SMILES string of the molecule is COc1ncc(Cl)c(NCc2ccccc2N2CCCCC2)n1. The summed E-state index contributed by atoms with van der Waals surface area (Å²) >= 11 is 6.15. The second-order valence-corrected chi connectivity index (χ2v) is 5.99. The summed E-state index contributed by atoms with van der Waals surface area (Å²) in [5.74, 6) is 0.590.